The minimum Gasteiger partial charge on any atom is -0.393 e. The Labute approximate surface area is 197 Å². The van der Waals surface area contributed by atoms with Crippen molar-refractivity contribution in [1.82, 2.24) is 0 Å². The van der Waals surface area contributed by atoms with Crippen LogP contribution in [0.15, 0.2) is 36.0 Å². The van der Waals surface area contributed by atoms with E-state index in [4.69, 9.17) is 0 Å². The molecule has 0 amide bonds. The van der Waals surface area contributed by atoms with Crippen LogP contribution in [0.4, 0.5) is 0 Å². The summed E-state index contributed by atoms with van der Waals surface area (Å²) in [6, 6.07) is 0. The molecule has 3 nitrogen and oxygen atoms in total. The third kappa shape index (κ3) is 7.05. The van der Waals surface area contributed by atoms with Crippen LogP contribution in [0.3, 0.4) is 0 Å². The molecule has 2 fully saturated rings. The molecule has 3 N–H and O–H groups in total. The zero-order valence-electron chi connectivity index (χ0n) is 21.4. The first kappa shape index (κ1) is 27.3. The van der Waals surface area contributed by atoms with Crippen LogP contribution in [0, 0.1) is 23.2 Å². The minimum atomic E-state index is -0.625. The van der Waals surface area contributed by atoms with Gasteiger partial charge in [-0.2, -0.15) is 0 Å². The van der Waals surface area contributed by atoms with E-state index in [-0.39, 0.29) is 5.41 Å². The molecule has 0 aromatic rings. The maximum atomic E-state index is 10.5. The largest absolute Gasteiger partial charge is 0.393 e. The van der Waals surface area contributed by atoms with E-state index in [0.717, 1.165) is 36.8 Å². The average Bonchev–Trinajstić information content (AvgIpc) is 2.75. The van der Waals surface area contributed by atoms with Gasteiger partial charge in [0.05, 0.1) is 17.8 Å². The second-order valence-corrected chi connectivity index (χ2v) is 11.3. The van der Waals surface area contributed by atoms with Crippen molar-refractivity contribution in [1.29, 1.82) is 0 Å². The summed E-state index contributed by atoms with van der Waals surface area (Å²) in [5.74, 6) is 1.94. The number of hydrogen-bond donors (Lipinski definition) is 3. The predicted octanol–water partition coefficient (Wildman–Crippen LogP) is 6.73. The molecule has 0 saturated heterocycles. The number of allylic oxidation sites excluding steroid dienone is 3. The second kappa shape index (κ2) is 12.0. The van der Waals surface area contributed by atoms with Gasteiger partial charge in [-0.15, -0.1) is 0 Å². The summed E-state index contributed by atoms with van der Waals surface area (Å²) >= 11 is 0. The number of unbranched alkanes of at least 4 members (excludes halogenated alkanes) is 1. The minimum absolute atomic E-state index is 0.253. The number of aliphatic hydroxyl groups excluding tert-OH is 2. The summed E-state index contributed by atoms with van der Waals surface area (Å²) in [6.07, 6.45) is 16.4. The van der Waals surface area contributed by atoms with E-state index in [1.165, 1.54) is 32.1 Å². The molecular formula is C29H50O3. The van der Waals surface area contributed by atoms with Gasteiger partial charge in [-0.1, -0.05) is 85.1 Å². The average molecular weight is 447 g/mol. The second-order valence-electron chi connectivity index (χ2n) is 11.3. The Kier molecular flexibility index (Phi) is 10.2. The first-order valence-corrected chi connectivity index (χ1v) is 13.2. The van der Waals surface area contributed by atoms with Gasteiger partial charge in [0.25, 0.3) is 0 Å². The van der Waals surface area contributed by atoms with Crippen LogP contribution in [0.25, 0.3) is 0 Å². The summed E-state index contributed by atoms with van der Waals surface area (Å²) < 4.78 is 0. The smallest absolute Gasteiger partial charge is 0.0811 e. The Balaban J connectivity index is 1.94. The maximum absolute atomic E-state index is 10.5. The van der Waals surface area contributed by atoms with Gasteiger partial charge >= 0.3 is 0 Å². The molecule has 2 saturated carbocycles. The molecule has 0 radical (unpaired) electrons. The summed E-state index contributed by atoms with van der Waals surface area (Å²) in [6.45, 7) is 15.5. The van der Waals surface area contributed by atoms with Gasteiger partial charge in [-0.25, -0.2) is 0 Å². The number of hydrogen-bond acceptors (Lipinski definition) is 3. The molecule has 0 bridgehead atoms. The lowest BCUT2D eigenvalue weighted by Gasteiger charge is -2.47. The van der Waals surface area contributed by atoms with Gasteiger partial charge < -0.3 is 15.3 Å². The van der Waals surface area contributed by atoms with Gasteiger partial charge in [0.15, 0.2) is 0 Å². The van der Waals surface area contributed by atoms with Crippen molar-refractivity contribution in [2.75, 3.05) is 0 Å². The fraction of sp³-hybridized carbons (Fsp3) is 0.793. The Morgan fingerprint density at radius 2 is 1.84 bits per heavy atom. The van der Waals surface area contributed by atoms with Crippen molar-refractivity contribution >= 4 is 0 Å². The molecule has 3 heteroatoms. The molecule has 0 unspecified atom stereocenters. The molecule has 0 spiro atoms. The van der Waals surface area contributed by atoms with Crippen molar-refractivity contribution < 1.29 is 15.3 Å². The van der Waals surface area contributed by atoms with E-state index >= 15 is 0 Å². The molecule has 2 aliphatic rings. The molecule has 32 heavy (non-hydrogen) atoms. The fourth-order valence-electron chi connectivity index (χ4n) is 6.23. The van der Waals surface area contributed by atoms with Gasteiger partial charge in [-0.3, -0.25) is 0 Å². The Morgan fingerprint density at radius 3 is 2.50 bits per heavy atom. The standard InChI is InChI=1S/C29H50O3/c1-7-29(32,8-2)18-10-9-13-21(3)26-17-12-16-24(28(26,5)6)15-11-14-23-19-25(30)20-27(31)22(23)4/h11,14-15,21,24-27,30-32H,4,7-10,12-13,16-20H2,1-3,5-6H3/b15-11+,23-14-/t21-,24+,25+,26+,27-/m0/s1. The molecule has 2 rings (SSSR count). The lowest BCUT2D eigenvalue weighted by atomic mass is 9.58. The Hall–Kier alpha value is -0.900. The highest BCUT2D eigenvalue weighted by Gasteiger charge is 2.41. The van der Waals surface area contributed by atoms with Crippen molar-refractivity contribution in [3.05, 3.63) is 36.0 Å². The van der Waals surface area contributed by atoms with E-state index in [9.17, 15) is 15.3 Å². The first-order chi connectivity index (χ1) is 15.0. The van der Waals surface area contributed by atoms with Crippen molar-refractivity contribution in [3.8, 4) is 0 Å². The van der Waals surface area contributed by atoms with Gasteiger partial charge in [0, 0.05) is 6.42 Å². The molecule has 5 atom stereocenters. The van der Waals surface area contributed by atoms with Crippen LogP contribution >= 0.6 is 0 Å². The van der Waals surface area contributed by atoms with E-state index in [1.54, 1.807) is 0 Å². The van der Waals surface area contributed by atoms with E-state index in [2.05, 4.69) is 59.4 Å². The van der Waals surface area contributed by atoms with Crippen LogP contribution in [-0.4, -0.2) is 33.1 Å². The highest BCUT2D eigenvalue weighted by atomic mass is 16.3. The van der Waals surface area contributed by atoms with Gasteiger partial charge in [0.1, 0.15) is 0 Å². The lowest BCUT2D eigenvalue weighted by molar-refractivity contribution is 0.0185. The van der Waals surface area contributed by atoms with Crippen LogP contribution in [0.1, 0.15) is 105 Å². The van der Waals surface area contributed by atoms with Crippen LogP contribution in [0.5, 0.6) is 0 Å². The Bertz CT molecular complexity index is 655. The lowest BCUT2D eigenvalue weighted by Crippen LogP contribution is -2.39. The molecule has 2 aliphatic carbocycles. The highest BCUT2D eigenvalue weighted by Crippen LogP contribution is 2.50. The van der Waals surface area contributed by atoms with E-state index in [1.807, 2.05) is 0 Å². The molecular weight excluding hydrogens is 396 g/mol. The molecule has 0 heterocycles. The topological polar surface area (TPSA) is 60.7 Å². The maximum Gasteiger partial charge on any atom is 0.0811 e. The summed E-state index contributed by atoms with van der Waals surface area (Å²) in [4.78, 5) is 0. The van der Waals surface area contributed by atoms with E-state index < -0.39 is 17.8 Å². The van der Waals surface area contributed by atoms with Gasteiger partial charge in [-0.05, 0) is 72.8 Å². The molecule has 0 aliphatic heterocycles. The van der Waals surface area contributed by atoms with Crippen LogP contribution in [0.2, 0.25) is 0 Å². The number of aliphatic hydroxyl groups is 3. The van der Waals surface area contributed by atoms with E-state index in [0.29, 0.717) is 30.6 Å². The van der Waals surface area contributed by atoms with Crippen LogP contribution in [-0.2, 0) is 0 Å². The normalized spacial score (nSPS) is 31.4. The van der Waals surface area contributed by atoms with Gasteiger partial charge in [0.2, 0.25) is 0 Å². The summed E-state index contributed by atoms with van der Waals surface area (Å²) in [7, 11) is 0. The molecule has 0 aromatic heterocycles. The fourth-order valence-corrected chi connectivity index (χ4v) is 6.23. The quantitative estimate of drug-likeness (QED) is 0.326. The first-order valence-electron chi connectivity index (χ1n) is 13.2. The van der Waals surface area contributed by atoms with Crippen LogP contribution < -0.4 is 0 Å². The predicted molar refractivity (Wildman–Crippen MR) is 135 cm³/mol. The summed E-state index contributed by atoms with van der Waals surface area (Å²) in [5, 5.41) is 30.6. The third-order valence-electron chi connectivity index (χ3n) is 8.90. The zero-order chi connectivity index (χ0) is 23.9. The number of rotatable bonds is 10. The molecule has 0 aromatic carbocycles. The third-order valence-corrected chi connectivity index (χ3v) is 8.90. The highest BCUT2D eigenvalue weighted by molar-refractivity contribution is 5.37. The SMILES string of the molecule is C=C1/C(=C\C=C\[C@@H]2CCC[C@H]([C@@H](C)CCCCC(O)(CC)CC)C2(C)C)C[C@@H](O)C[C@@H]1O. The van der Waals surface area contributed by atoms with Crippen molar-refractivity contribution in [2.24, 2.45) is 23.2 Å². The zero-order valence-corrected chi connectivity index (χ0v) is 21.4. The van der Waals surface area contributed by atoms with Crippen molar-refractivity contribution in [3.63, 3.8) is 0 Å². The monoisotopic (exact) mass is 446 g/mol. The summed E-state index contributed by atoms with van der Waals surface area (Å²) in [5.41, 5.74) is 1.52. The Morgan fingerprint density at radius 1 is 1.16 bits per heavy atom. The molecule has 184 valence electrons. The van der Waals surface area contributed by atoms with Crippen molar-refractivity contribution in [2.45, 2.75) is 123 Å².